The van der Waals surface area contributed by atoms with E-state index in [2.05, 4.69) is 35.3 Å². The van der Waals surface area contributed by atoms with Gasteiger partial charge in [0, 0.05) is 26.2 Å². The van der Waals surface area contributed by atoms with Crippen LogP contribution >= 0.6 is 0 Å². The van der Waals surface area contributed by atoms with E-state index in [-0.39, 0.29) is 0 Å². The van der Waals surface area contributed by atoms with Crippen LogP contribution in [0.4, 0.5) is 0 Å². The van der Waals surface area contributed by atoms with Crippen molar-refractivity contribution in [3.63, 3.8) is 0 Å². The first-order valence-corrected chi connectivity index (χ1v) is 7.28. The van der Waals surface area contributed by atoms with Crippen molar-refractivity contribution in [3.8, 4) is 0 Å². The summed E-state index contributed by atoms with van der Waals surface area (Å²) in [5, 5.41) is 3.36. The highest BCUT2D eigenvalue weighted by Crippen LogP contribution is 2.10. The molecular weight excluding hydrogens is 152 g/mol. The first-order valence-electron chi connectivity index (χ1n) is 4.26. The molecule has 64 valence electrons. The Morgan fingerprint density at radius 2 is 1.91 bits per heavy atom. The fourth-order valence-electron chi connectivity index (χ4n) is 1.37. The predicted octanol–water partition coefficient (Wildman–Crippen LogP) is 0.822. The normalized spacial score (nSPS) is 21.6. The smallest absolute Gasteiger partial charge is 0.146 e. The molecule has 1 saturated heterocycles. The quantitative estimate of drug-likeness (QED) is 0.617. The van der Waals surface area contributed by atoms with Gasteiger partial charge in [-0.2, -0.15) is 0 Å². The molecule has 0 aliphatic carbocycles. The third-order valence-electron chi connectivity index (χ3n) is 2.43. The van der Waals surface area contributed by atoms with Crippen LogP contribution in [0.25, 0.3) is 0 Å². The van der Waals surface area contributed by atoms with E-state index in [1.165, 1.54) is 13.1 Å². The molecule has 11 heavy (non-hydrogen) atoms. The van der Waals surface area contributed by atoms with Crippen molar-refractivity contribution in [1.82, 2.24) is 9.88 Å². The van der Waals surface area contributed by atoms with Gasteiger partial charge in [0.1, 0.15) is 8.24 Å². The third-order valence-corrected chi connectivity index (χ3v) is 5.51. The lowest BCUT2D eigenvalue weighted by Gasteiger charge is -2.37. The Labute approximate surface area is 70.4 Å². The number of nitrogens with zero attached hydrogens (tertiary/aromatic N) is 1. The van der Waals surface area contributed by atoms with Gasteiger partial charge in [-0.15, -0.1) is 6.58 Å². The third kappa shape index (κ3) is 2.15. The second-order valence-electron chi connectivity index (χ2n) is 3.59. The average Bonchev–Trinajstić information content (AvgIpc) is 2.06. The topological polar surface area (TPSA) is 15.3 Å². The average molecular weight is 170 g/mol. The highest BCUT2D eigenvalue weighted by atomic mass is 28.3. The molecule has 2 nitrogen and oxygen atoms in total. The van der Waals surface area contributed by atoms with E-state index in [4.69, 9.17) is 0 Å². The van der Waals surface area contributed by atoms with Crippen molar-refractivity contribution in [2.24, 2.45) is 0 Å². The molecule has 1 heterocycles. The largest absolute Gasteiger partial charge is 0.318 e. The highest BCUT2D eigenvalue weighted by molar-refractivity contribution is 6.79. The second-order valence-corrected chi connectivity index (χ2v) is 7.94. The molecule has 0 unspecified atom stereocenters. The fourth-order valence-corrected chi connectivity index (χ4v) is 3.00. The molecule has 1 aliphatic rings. The molecule has 0 spiro atoms. The minimum Gasteiger partial charge on any atom is -0.318 e. The summed E-state index contributed by atoms with van der Waals surface area (Å²) >= 11 is 0. The van der Waals surface area contributed by atoms with E-state index in [9.17, 15) is 0 Å². The zero-order chi connectivity index (χ0) is 8.32. The second kappa shape index (κ2) is 3.52. The van der Waals surface area contributed by atoms with Gasteiger partial charge in [0.25, 0.3) is 0 Å². The van der Waals surface area contributed by atoms with E-state index < -0.39 is 8.24 Å². The van der Waals surface area contributed by atoms with Crippen molar-refractivity contribution in [1.29, 1.82) is 0 Å². The molecule has 0 atom stereocenters. The van der Waals surface area contributed by atoms with Crippen molar-refractivity contribution in [2.45, 2.75) is 13.1 Å². The molecule has 0 aromatic rings. The number of rotatable bonds is 2. The van der Waals surface area contributed by atoms with E-state index in [0.717, 1.165) is 13.1 Å². The van der Waals surface area contributed by atoms with E-state index in [1.807, 2.05) is 0 Å². The lowest BCUT2D eigenvalue weighted by atomic mass is 10.4. The monoisotopic (exact) mass is 170 g/mol. The molecule has 1 N–H and O–H groups in total. The maximum atomic E-state index is 3.91. The Morgan fingerprint density at radius 1 is 1.36 bits per heavy atom. The maximum absolute atomic E-state index is 3.91. The highest BCUT2D eigenvalue weighted by Gasteiger charge is 2.26. The summed E-state index contributed by atoms with van der Waals surface area (Å²) in [5.74, 6) is 0. The van der Waals surface area contributed by atoms with E-state index in [1.54, 1.807) is 0 Å². The Morgan fingerprint density at radius 3 is 2.36 bits per heavy atom. The molecule has 0 bridgehead atoms. The summed E-state index contributed by atoms with van der Waals surface area (Å²) in [6.45, 7) is 13.3. The summed E-state index contributed by atoms with van der Waals surface area (Å²) in [4.78, 5) is 0. The summed E-state index contributed by atoms with van der Waals surface area (Å²) < 4.78 is 2.59. The van der Waals surface area contributed by atoms with Crippen molar-refractivity contribution in [2.75, 3.05) is 26.2 Å². The Bertz CT molecular complexity index is 139. The van der Waals surface area contributed by atoms with Crippen LogP contribution in [0.3, 0.4) is 0 Å². The van der Waals surface area contributed by atoms with E-state index >= 15 is 0 Å². The minimum absolute atomic E-state index is 1.14. The van der Waals surface area contributed by atoms with Gasteiger partial charge >= 0.3 is 0 Å². The zero-order valence-corrected chi connectivity index (χ0v) is 8.56. The molecule has 0 radical (unpaired) electrons. The Hall–Kier alpha value is -0.123. The molecule has 0 aromatic carbocycles. The van der Waals surface area contributed by atoms with Gasteiger partial charge in [0.15, 0.2) is 0 Å². The van der Waals surface area contributed by atoms with Gasteiger partial charge in [-0.25, -0.2) is 0 Å². The van der Waals surface area contributed by atoms with Gasteiger partial charge in [-0.05, 0) is 0 Å². The molecule has 0 saturated carbocycles. The molecule has 3 heteroatoms. The van der Waals surface area contributed by atoms with Crippen LogP contribution in [-0.4, -0.2) is 39.0 Å². The molecular formula is C8H18N2Si. The molecule has 0 amide bonds. The molecule has 1 fully saturated rings. The van der Waals surface area contributed by atoms with Crippen LogP contribution in [0, 0.1) is 0 Å². The summed E-state index contributed by atoms with van der Waals surface area (Å²) in [5.41, 5.74) is 2.16. The summed E-state index contributed by atoms with van der Waals surface area (Å²) in [6, 6.07) is 0. The zero-order valence-electron chi connectivity index (χ0n) is 7.56. The lowest BCUT2D eigenvalue weighted by Crippen LogP contribution is -2.55. The Kier molecular flexibility index (Phi) is 2.87. The first kappa shape index (κ1) is 8.97. The van der Waals surface area contributed by atoms with Gasteiger partial charge < -0.3 is 9.88 Å². The SMILES string of the molecule is C=C[Si](C)(C)N1CCNCC1. The number of hydrogen-bond acceptors (Lipinski definition) is 2. The van der Waals surface area contributed by atoms with Crippen LogP contribution in [-0.2, 0) is 0 Å². The molecule has 1 aliphatic heterocycles. The van der Waals surface area contributed by atoms with Crippen LogP contribution < -0.4 is 5.32 Å². The molecule has 1 rings (SSSR count). The first-order chi connectivity index (χ1) is 5.17. The lowest BCUT2D eigenvalue weighted by molar-refractivity contribution is 0.363. The number of piperazine rings is 1. The standard InChI is InChI=1S/C8H18N2Si/c1-4-11(2,3)10-7-5-9-6-8-10/h4,9H,1,5-8H2,2-3H3. The minimum atomic E-state index is -1.22. The van der Waals surface area contributed by atoms with Gasteiger partial charge in [0.05, 0.1) is 0 Å². The van der Waals surface area contributed by atoms with Gasteiger partial charge in [-0.3, -0.25) is 0 Å². The van der Waals surface area contributed by atoms with Crippen molar-refractivity contribution >= 4 is 8.24 Å². The summed E-state index contributed by atoms with van der Waals surface area (Å²) in [7, 11) is -1.22. The molecule has 0 aromatic heterocycles. The maximum Gasteiger partial charge on any atom is 0.146 e. The van der Waals surface area contributed by atoms with Crippen molar-refractivity contribution in [3.05, 3.63) is 12.3 Å². The number of nitrogens with one attached hydrogen (secondary N) is 1. The number of hydrogen-bond donors (Lipinski definition) is 1. The van der Waals surface area contributed by atoms with E-state index in [0.29, 0.717) is 0 Å². The van der Waals surface area contributed by atoms with Crippen LogP contribution in [0.2, 0.25) is 13.1 Å². The fraction of sp³-hybridized carbons (Fsp3) is 0.750. The van der Waals surface area contributed by atoms with Gasteiger partial charge in [-0.1, -0.05) is 18.8 Å². The summed E-state index contributed by atoms with van der Waals surface area (Å²) in [6.07, 6.45) is 0. The Balaban J connectivity index is 2.50. The van der Waals surface area contributed by atoms with Crippen molar-refractivity contribution < 1.29 is 0 Å². The van der Waals surface area contributed by atoms with Crippen LogP contribution in [0.5, 0.6) is 0 Å². The van der Waals surface area contributed by atoms with Gasteiger partial charge in [0.2, 0.25) is 0 Å². The predicted molar refractivity (Wildman–Crippen MR) is 52.1 cm³/mol. The van der Waals surface area contributed by atoms with Crippen LogP contribution in [0.1, 0.15) is 0 Å². The van der Waals surface area contributed by atoms with Crippen LogP contribution in [0.15, 0.2) is 12.3 Å².